The summed E-state index contributed by atoms with van der Waals surface area (Å²) in [5, 5.41) is 5.57. The van der Waals surface area contributed by atoms with Gasteiger partial charge in [-0.3, -0.25) is 4.79 Å². The molecule has 2 aromatic rings. The van der Waals surface area contributed by atoms with Gasteiger partial charge in [-0.2, -0.15) is 0 Å². The summed E-state index contributed by atoms with van der Waals surface area (Å²) in [4.78, 5) is 16.2. The van der Waals surface area contributed by atoms with Gasteiger partial charge in [-0.05, 0) is 24.9 Å². The topological polar surface area (TPSA) is 77.2 Å². The number of rotatable bonds is 10. The van der Waals surface area contributed by atoms with Crippen LogP contribution in [0.4, 0.5) is 0 Å². The van der Waals surface area contributed by atoms with Gasteiger partial charge in [0.2, 0.25) is 0 Å². The first kappa shape index (κ1) is 17.6. The zero-order chi connectivity index (χ0) is 16.3. The Morgan fingerprint density at radius 1 is 1.26 bits per heavy atom. The maximum absolute atomic E-state index is 11.9. The fourth-order valence-corrected chi connectivity index (χ4v) is 2.83. The van der Waals surface area contributed by atoms with Gasteiger partial charge in [0.05, 0.1) is 11.6 Å². The highest BCUT2D eigenvalue weighted by Crippen LogP contribution is 2.09. The number of aromatic nitrogens is 1. The first-order chi connectivity index (χ1) is 11.3. The Hall–Kier alpha value is -1.76. The van der Waals surface area contributed by atoms with E-state index in [0.717, 1.165) is 24.3 Å². The molecule has 1 heterocycles. The molecule has 0 fully saturated rings. The van der Waals surface area contributed by atoms with E-state index in [9.17, 15) is 4.79 Å². The van der Waals surface area contributed by atoms with Gasteiger partial charge in [0.25, 0.3) is 5.91 Å². The van der Waals surface area contributed by atoms with E-state index >= 15 is 0 Å². The number of carbonyl (C=O) groups is 1. The Labute approximate surface area is 140 Å². The van der Waals surface area contributed by atoms with Gasteiger partial charge in [-0.25, -0.2) is 4.98 Å². The van der Waals surface area contributed by atoms with Crippen molar-refractivity contribution in [3.05, 3.63) is 52.0 Å². The number of nitrogens with zero attached hydrogens (tertiary/aromatic N) is 1. The van der Waals surface area contributed by atoms with E-state index in [-0.39, 0.29) is 5.91 Å². The van der Waals surface area contributed by atoms with E-state index in [1.54, 1.807) is 5.38 Å². The molecule has 0 aliphatic carbocycles. The Kier molecular flexibility index (Phi) is 7.72. The largest absolute Gasteiger partial charge is 0.377 e. The minimum absolute atomic E-state index is 0.116. The summed E-state index contributed by atoms with van der Waals surface area (Å²) in [6.07, 6.45) is 2.53. The van der Waals surface area contributed by atoms with Crippen LogP contribution in [0.5, 0.6) is 0 Å². The highest BCUT2D eigenvalue weighted by Gasteiger charge is 2.09. The van der Waals surface area contributed by atoms with Crippen LogP contribution in [0, 0.1) is 0 Å². The van der Waals surface area contributed by atoms with E-state index in [2.05, 4.69) is 10.3 Å². The number of nitrogens with one attached hydrogen (secondary N) is 1. The second-order valence-corrected chi connectivity index (χ2v) is 6.11. The van der Waals surface area contributed by atoms with E-state index in [1.807, 2.05) is 30.3 Å². The molecule has 0 bridgehead atoms. The molecule has 2 rings (SSSR count). The van der Waals surface area contributed by atoms with Crippen LogP contribution in [0.15, 0.2) is 35.7 Å². The van der Waals surface area contributed by atoms with Crippen LogP contribution in [-0.2, 0) is 17.8 Å². The van der Waals surface area contributed by atoms with Crippen molar-refractivity contribution in [1.82, 2.24) is 10.3 Å². The maximum Gasteiger partial charge on any atom is 0.270 e. The Morgan fingerprint density at radius 2 is 2.09 bits per heavy atom. The van der Waals surface area contributed by atoms with Gasteiger partial charge in [0, 0.05) is 25.0 Å². The third-order valence-electron chi connectivity index (χ3n) is 3.26. The van der Waals surface area contributed by atoms with Crippen LogP contribution in [0.2, 0.25) is 0 Å². The Bertz CT molecular complexity index is 587. The van der Waals surface area contributed by atoms with Gasteiger partial charge >= 0.3 is 0 Å². The number of nitrogens with two attached hydrogens (primary N) is 1. The van der Waals surface area contributed by atoms with Crippen molar-refractivity contribution in [3.63, 3.8) is 0 Å². The molecule has 6 heteroatoms. The smallest absolute Gasteiger partial charge is 0.270 e. The average Bonchev–Trinajstić information content (AvgIpc) is 3.04. The van der Waals surface area contributed by atoms with Crippen LogP contribution >= 0.6 is 11.3 Å². The van der Waals surface area contributed by atoms with Gasteiger partial charge in [0.1, 0.15) is 5.69 Å². The first-order valence-electron chi connectivity index (χ1n) is 7.84. The molecule has 3 N–H and O–H groups in total. The number of amides is 1. The maximum atomic E-state index is 11.9. The van der Waals surface area contributed by atoms with Gasteiger partial charge in [-0.1, -0.05) is 30.3 Å². The summed E-state index contributed by atoms with van der Waals surface area (Å²) in [6.45, 7) is 2.52. The summed E-state index contributed by atoms with van der Waals surface area (Å²) in [5.74, 6) is -0.116. The van der Waals surface area contributed by atoms with Crippen LogP contribution in [-0.4, -0.2) is 30.6 Å². The van der Waals surface area contributed by atoms with Gasteiger partial charge < -0.3 is 15.8 Å². The van der Waals surface area contributed by atoms with Crippen LogP contribution in [0.25, 0.3) is 0 Å². The molecule has 0 unspecified atom stereocenters. The predicted octanol–water partition coefficient (Wildman–Crippen LogP) is 2.37. The third-order valence-corrected chi connectivity index (χ3v) is 4.16. The number of unbranched alkanes of at least 4 members (excludes halogenated alkanes) is 1. The van der Waals surface area contributed by atoms with E-state index in [4.69, 9.17) is 10.5 Å². The van der Waals surface area contributed by atoms with Crippen molar-refractivity contribution in [2.45, 2.75) is 25.9 Å². The molecule has 1 aromatic carbocycles. The van der Waals surface area contributed by atoms with Crippen LogP contribution in [0.1, 0.15) is 33.9 Å². The zero-order valence-electron chi connectivity index (χ0n) is 13.2. The molecule has 5 nitrogen and oxygen atoms in total. The summed E-state index contributed by atoms with van der Waals surface area (Å²) in [6, 6.07) is 10.1. The van der Waals surface area contributed by atoms with Crippen molar-refractivity contribution in [2.24, 2.45) is 5.73 Å². The molecule has 0 aliphatic heterocycles. The van der Waals surface area contributed by atoms with E-state index in [0.29, 0.717) is 32.0 Å². The zero-order valence-corrected chi connectivity index (χ0v) is 14.0. The molecule has 0 aliphatic rings. The molecule has 0 saturated carbocycles. The standard InChI is InChI=1S/C17H23N3O2S/c18-9-8-16-20-15(13-23-16)17(21)19-10-4-5-11-22-12-14-6-2-1-3-7-14/h1-3,6-7,13H,4-5,8-12,18H2,(H,19,21). The van der Waals surface area contributed by atoms with Crippen molar-refractivity contribution >= 4 is 17.2 Å². The van der Waals surface area contributed by atoms with Gasteiger partial charge in [-0.15, -0.1) is 11.3 Å². The van der Waals surface area contributed by atoms with Crippen molar-refractivity contribution in [1.29, 1.82) is 0 Å². The molecule has 0 spiro atoms. The number of hydrogen-bond donors (Lipinski definition) is 2. The highest BCUT2D eigenvalue weighted by molar-refractivity contribution is 7.09. The molecule has 0 saturated heterocycles. The first-order valence-corrected chi connectivity index (χ1v) is 8.72. The van der Waals surface area contributed by atoms with Crippen LogP contribution in [0.3, 0.4) is 0 Å². The van der Waals surface area contributed by atoms with E-state index < -0.39 is 0 Å². The third kappa shape index (κ3) is 6.48. The Morgan fingerprint density at radius 3 is 2.87 bits per heavy atom. The predicted molar refractivity (Wildman–Crippen MR) is 92.5 cm³/mol. The SMILES string of the molecule is NCCc1nc(C(=O)NCCCCOCc2ccccc2)cs1. The Balaban J connectivity index is 1.53. The van der Waals surface area contributed by atoms with Crippen molar-refractivity contribution < 1.29 is 9.53 Å². The average molecular weight is 333 g/mol. The lowest BCUT2D eigenvalue weighted by molar-refractivity contribution is 0.0941. The molecular formula is C17H23N3O2S. The van der Waals surface area contributed by atoms with Crippen LogP contribution < -0.4 is 11.1 Å². The normalized spacial score (nSPS) is 10.7. The molecule has 124 valence electrons. The second-order valence-electron chi connectivity index (χ2n) is 5.17. The minimum Gasteiger partial charge on any atom is -0.377 e. The highest BCUT2D eigenvalue weighted by atomic mass is 32.1. The summed E-state index contributed by atoms with van der Waals surface area (Å²) in [5.41, 5.74) is 7.14. The molecule has 0 atom stereocenters. The quantitative estimate of drug-likeness (QED) is 0.654. The molecule has 0 radical (unpaired) electrons. The van der Waals surface area contributed by atoms with Crippen molar-refractivity contribution in [3.8, 4) is 0 Å². The second kappa shape index (κ2) is 10.1. The fraction of sp³-hybridized carbons (Fsp3) is 0.412. The lowest BCUT2D eigenvalue weighted by Crippen LogP contribution is -2.25. The summed E-state index contributed by atoms with van der Waals surface area (Å²) >= 11 is 1.48. The molecular weight excluding hydrogens is 310 g/mol. The van der Waals surface area contributed by atoms with Crippen molar-refractivity contribution in [2.75, 3.05) is 19.7 Å². The molecule has 23 heavy (non-hydrogen) atoms. The summed E-state index contributed by atoms with van der Waals surface area (Å²) < 4.78 is 5.61. The lowest BCUT2D eigenvalue weighted by Gasteiger charge is -2.05. The number of benzene rings is 1. The number of hydrogen-bond acceptors (Lipinski definition) is 5. The monoisotopic (exact) mass is 333 g/mol. The fourth-order valence-electron chi connectivity index (χ4n) is 2.04. The molecule has 1 amide bonds. The number of thiazole rings is 1. The minimum atomic E-state index is -0.116. The number of ether oxygens (including phenoxy) is 1. The molecule has 1 aromatic heterocycles. The summed E-state index contributed by atoms with van der Waals surface area (Å²) in [7, 11) is 0. The van der Waals surface area contributed by atoms with E-state index in [1.165, 1.54) is 16.9 Å². The lowest BCUT2D eigenvalue weighted by atomic mass is 10.2. The number of carbonyl (C=O) groups excluding carboxylic acids is 1. The van der Waals surface area contributed by atoms with Gasteiger partial charge in [0.15, 0.2) is 0 Å².